The third-order valence-corrected chi connectivity index (χ3v) is 2.92. The quantitative estimate of drug-likeness (QED) is 0.833. The number of nitriles is 1. The van der Waals surface area contributed by atoms with Gasteiger partial charge >= 0.3 is 6.18 Å². The molecule has 0 aromatic rings. The summed E-state index contributed by atoms with van der Waals surface area (Å²) in [7, 11) is 0. The Hall–Kier alpha value is -0.800. The van der Waals surface area contributed by atoms with Gasteiger partial charge in [0.2, 0.25) is 0 Å². The zero-order chi connectivity index (χ0) is 12.9. The SMILES string of the molecule is CCNC1(C#N)CCCC(OCC(F)(F)F)C1. The van der Waals surface area contributed by atoms with Crippen molar-refractivity contribution in [3.63, 3.8) is 0 Å². The molecule has 0 bridgehead atoms. The summed E-state index contributed by atoms with van der Waals surface area (Å²) in [6, 6.07) is 2.17. The van der Waals surface area contributed by atoms with Crippen LogP contribution in [-0.4, -0.2) is 31.0 Å². The van der Waals surface area contributed by atoms with Crippen molar-refractivity contribution in [2.75, 3.05) is 13.2 Å². The van der Waals surface area contributed by atoms with Crippen LogP contribution in [0.2, 0.25) is 0 Å². The Morgan fingerprint density at radius 3 is 2.76 bits per heavy atom. The van der Waals surface area contributed by atoms with Gasteiger partial charge in [0.05, 0.1) is 12.2 Å². The maximum atomic E-state index is 12.0. The molecule has 1 saturated carbocycles. The zero-order valence-corrected chi connectivity index (χ0v) is 9.81. The van der Waals surface area contributed by atoms with Crippen LogP contribution >= 0.6 is 0 Å². The minimum atomic E-state index is -4.30. The number of halogens is 3. The molecule has 1 fully saturated rings. The number of hydrogen-bond donors (Lipinski definition) is 1. The largest absolute Gasteiger partial charge is 0.411 e. The molecule has 6 heteroatoms. The van der Waals surface area contributed by atoms with Gasteiger partial charge in [-0.05, 0) is 25.8 Å². The molecule has 0 aliphatic heterocycles. The summed E-state index contributed by atoms with van der Waals surface area (Å²) in [5.41, 5.74) is -0.719. The molecule has 1 rings (SSSR count). The summed E-state index contributed by atoms with van der Waals surface area (Å²) in [6.45, 7) is 1.27. The first-order valence-electron chi connectivity index (χ1n) is 5.75. The van der Waals surface area contributed by atoms with E-state index in [2.05, 4.69) is 11.4 Å². The van der Waals surface area contributed by atoms with Crippen molar-refractivity contribution in [1.82, 2.24) is 5.32 Å². The molecule has 1 aliphatic carbocycles. The van der Waals surface area contributed by atoms with Crippen LogP contribution < -0.4 is 5.32 Å². The van der Waals surface area contributed by atoms with Crippen LogP contribution in [0.25, 0.3) is 0 Å². The normalized spacial score (nSPS) is 29.9. The lowest BCUT2D eigenvalue weighted by molar-refractivity contribution is -0.189. The van der Waals surface area contributed by atoms with Gasteiger partial charge in [-0.1, -0.05) is 6.92 Å². The third kappa shape index (κ3) is 4.52. The molecule has 0 radical (unpaired) electrons. The fourth-order valence-corrected chi connectivity index (χ4v) is 2.22. The third-order valence-electron chi connectivity index (χ3n) is 2.92. The van der Waals surface area contributed by atoms with E-state index in [0.717, 1.165) is 0 Å². The molecule has 2 unspecified atom stereocenters. The topological polar surface area (TPSA) is 45.0 Å². The minimum absolute atomic E-state index is 0.327. The molecule has 0 heterocycles. The van der Waals surface area contributed by atoms with Gasteiger partial charge in [0.1, 0.15) is 12.1 Å². The molecule has 17 heavy (non-hydrogen) atoms. The number of nitrogens with zero attached hydrogens (tertiary/aromatic N) is 1. The summed E-state index contributed by atoms with van der Waals surface area (Å²) in [6.07, 6.45) is -2.49. The minimum Gasteiger partial charge on any atom is -0.369 e. The molecule has 3 nitrogen and oxygen atoms in total. The van der Waals surface area contributed by atoms with Crippen LogP contribution in [0.5, 0.6) is 0 Å². The van der Waals surface area contributed by atoms with Gasteiger partial charge in [-0.15, -0.1) is 0 Å². The Balaban J connectivity index is 2.51. The standard InChI is InChI=1S/C11H17F3N2O/c1-2-16-10(7-15)5-3-4-9(6-10)17-8-11(12,13)14/h9,16H,2-6,8H2,1H3. The number of alkyl halides is 3. The molecule has 1 N–H and O–H groups in total. The van der Waals surface area contributed by atoms with E-state index >= 15 is 0 Å². The van der Waals surface area contributed by atoms with Crippen molar-refractivity contribution in [2.24, 2.45) is 0 Å². The first-order chi connectivity index (χ1) is 7.91. The highest BCUT2D eigenvalue weighted by molar-refractivity contribution is 5.10. The van der Waals surface area contributed by atoms with E-state index in [1.807, 2.05) is 6.92 Å². The summed E-state index contributed by atoms with van der Waals surface area (Å²) < 4.78 is 40.9. The van der Waals surface area contributed by atoms with Gasteiger partial charge in [0, 0.05) is 6.42 Å². The molecule has 0 amide bonds. The predicted octanol–water partition coefficient (Wildman–Crippen LogP) is 2.38. The number of ether oxygens (including phenoxy) is 1. The second kappa shape index (κ2) is 5.69. The fourth-order valence-electron chi connectivity index (χ4n) is 2.22. The van der Waals surface area contributed by atoms with E-state index in [0.29, 0.717) is 32.2 Å². The molecule has 0 aromatic heterocycles. The van der Waals surface area contributed by atoms with Crippen LogP contribution in [0.1, 0.15) is 32.6 Å². The van der Waals surface area contributed by atoms with Crippen molar-refractivity contribution in [2.45, 2.75) is 50.4 Å². The Bertz CT molecular complexity index is 283. The second-order valence-electron chi connectivity index (χ2n) is 4.37. The molecule has 2 atom stereocenters. The summed E-state index contributed by atoms with van der Waals surface area (Å²) in [4.78, 5) is 0. The first kappa shape index (κ1) is 14.3. The van der Waals surface area contributed by atoms with Crippen LogP contribution in [0.15, 0.2) is 0 Å². The predicted molar refractivity (Wildman–Crippen MR) is 56.3 cm³/mol. The van der Waals surface area contributed by atoms with Crippen molar-refractivity contribution < 1.29 is 17.9 Å². The van der Waals surface area contributed by atoms with Crippen LogP contribution in [0.3, 0.4) is 0 Å². The Morgan fingerprint density at radius 2 is 2.24 bits per heavy atom. The Labute approximate surface area is 98.9 Å². The smallest absolute Gasteiger partial charge is 0.369 e. The van der Waals surface area contributed by atoms with E-state index in [9.17, 15) is 13.2 Å². The molecular formula is C11H17F3N2O. The van der Waals surface area contributed by atoms with Crippen LogP contribution in [-0.2, 0) is 4.74 Å². The van der Waals surface area contributed by atoms with Gasteiger partial charge < -0.3 is 4.74 Å². The second-order valence-corrected chi connectivity index (χ2v) is 4.37. The van der Waals surface area contributed by atoms with E-state index in [4.69, 9.17) is 10.00 Å². The van der Waals surface area contributed by atoms with E-state index < -0.39 is 24.4 Å². The number of nitrogens with one attached hydrogen (secondary N) is 1. The average molecular weight is 250 g/mol. The van der Waals surface area contributed by atoms with E-state index in [-0.39, 0.29) is 0 Å². The van der Waals surface area contributed by atoms with E-state index in [1.165, 1.54) is 0 Å². The lowest BCUT2D eigenvalue weighted by Gasteiger charge is -2.36. The Kier molecular flexibility index (Phi) is 4.78. The van der Waals surface area contributed by atoms with Crippen LogP contribution in [0.4, 0.5) is 13.2 Å². The highest BCUT2D eigenvalue weighted by Gasteiger charge is 2.38. The maximum Gasteiger partial charge on any atom is 0.411 e. The summed E-state index contributed by atoms with van der Waals surface area (Å²) in [5, 5.41) is 12.2. The van der Waals surface area contributed by atoms with Gasteiger partial charge in [-0.3, -0.25) is 5.32 Å². The highest BCUT2D eigenvalue weighted by Crippen LogP contribution is 2.30. The molecular weight excluding hydrogens is 233 g/mol. The fraction of sp³-hybridized carbons (Fsp3) is 0.909. The molecule has 1 aliphatic rings. The Morgan fingerprint density at radius 1 is 1.53 bits per heavy atom. The van der Waals surface area contributed by atoms with Crippen LogP contribution in [0, 0.1) is 11.3 Å². The maximum absolute atomic E-state index is 12.0. The number of hydrogen-bond acceptors (Lipinski definition) is 3. The van der Waals surface area contributed by atoms with Gasteiger partial charge in [-0.2, -0.15) is 18.4 Å². The summed E-state index contributed by atoms with van der Waals surface area (Å²) in [5.74, 6) is 0. The summed E-state index contributed by atoms with van der Waals surface area (Å²) >= 11 is 0. The van der Waals surface area contributed by atoms with Crippen molar-refractivity contribution in [3.8, 4) is 6.07 Å². The van der Waals surface area contributed by atoms with Gasteiger partial charge in [0.15, 0.2) is 0 Å². The van der Waals surface area contributed by atoms with Gasteiger partial charge in [0.25, 0.3) is 0 Å². The first-order valence-corrected chi connectivity index (χ1v) is 5.75. The highest BCUT2D eigenvalue weighted by atomic mass is 19.4. The van der Waals surface area contributed by atoms with Crippen molar-refractivity contribution in [1.29, 1.82) is 5.26 Å². The monoisotopic (exact) mass is 250 g/mol. The number of rotatable bonds is 4. The lowest BCUT2D eigenvalue weighted by atomic mass is 9.81. The molecule has 0 spiro atoms. The average Bonchev–Trinajstić information content (AvgIpc) is 2.26. The van der Waals surface area contributed by atoms with Crippen molar-refractivity contribution >= 4 is 0 Å². The zero-order valence-electron chi connectivity index (χ0n) is 9.81. The molecule has 0 saturated heterocycles. The van der Waals surface area contributed by atoms with Crippen molar-refractivity contribution in [3.05, 3.63) is 0 Å². The lowest BCUT2D eigenvalue weighted by Crippen LogP contribution is -2.49. The molecule has 0 aromatic carbocycles. The van der Waals surface area contributed by atoms with E-state index in [1.54, 1.807) is 0 Å². The molecule has 98 valence electrons. The van der Waals surface area contributed by atoms with Gasteiger partial charge in [-0.25, -0.2) is 0 Å².